The summed E-state index contributed by atoms with van der Waals surface area (Å²) in [5, 5.41) is 0.513. The van der Waals surface area contributed by atoms with Gasteiger partial charge in [0.05, 0.1) is 5.02 Å². The zero-order valence-corrected chi connectivity index (χ0v) is 10.3. The van der Waals surface area contributed by atoms with E-state index in [1.807, 2.05) is 6.07 Å². The Hall–Kier alpha value is -1.40. The molecule has 0 fully saturated rings. The summed E-state index contributed by atoms with van der Waals surface area (Å²) < 4.78 is 0.872. The van der Waals surface area contributed by atoms with Crippen LogP contribution in [0.1, 0.15) is 0 Å². The molecule has 5 nitrogen and oxygen atoms in total. The smallest absolute Gasteiger partial charge is 0.225 e. The van der Waals surface area contributed by atoms with E-state index < -0.39 is 0 Å². The molecule has 16 heavy (non-hydrogen) atoms. The van der Waals surface area contributed by atoms with Crippen molar-refractivity contribution in [3.63, 3.8) is 0 Å². The Morgan fingerprint density at radius 3 is 2.25 bits per heavy atom. The summed E-state index contributed by atoms with van der Waals surface area (Å²) in [6.45, 7) is 0. The van der Waals surface area contributed by atoms with Gasteiger partial charge >= 0.3 is 0 Å². The van der Waals surface area contributed by atoms with Gasteiger partial charge < -0.3 is 11.5 Å². The molecular formula is C9H7BrClN5. The summed E-state index contributed by atoms with van der Waals surface area (Å²) in [6, 6.07) is 5.35. The predicted molar refractivity (Wildman–Crippen MR) is 66.8 cm³/mol. The van der Waals surface area contributed by atoms with Gasteiger partial charge in [-0.1, -0.05) is 27.5 Å². The average Bonchev–Trinajstić information content (AvgIpc) is 2.15. The van der Waals surface area contributed by atoms with Crippen LogP contribution in [0, 0.1) is 0 Å². The average molecular weight is 301 g/mol. The minimum Gasteiger partial charge on any atom is -0.368 e. The number of halogens is 2. The number of hydrogen-bond acceptors (Lipinski definition) is 5. The van der Waals surface area contributed by atoms with Crippen molar-refractivity contribution in [2.24, 2.45) is 0 Å². The van der Waals surface area contributed by atoms with Crippen molar-refractivity contribution in [1.82, 2.24) is 15.0 Å². The highest BCUT2D eigenvalue weighted by atomic mass is 79.9. The molecule has 2 rings (SSSR count). The number of rotatable bonds is 1. The largest absolute Gasteiger partial charge is 0.368 e. The highest BCUT2D eigenvalue weighted by Crippen LogP contribution is 2.28. The second-order valence-corrected chi connectivity index (χ2v) is 4.32. The summed E-state index contributed by atoms with van der Waals surface area (Å²) in [4.78, 5) is 11.6. The van der Waals surface area contributed by atoms with Gasteiger partial charge in [-0.15, -0.1) is 0 Å². The van der Waals surface area contributed by atoms with Gasteiger partial charge in [0.25, 0.3) is 0 Å². The maximum atomic E-state index is 6.06. The topological polar surface area (TPSA) is 90.7 Å². The van der Waals surface area contributed by atoms with Gasteiger partial charge in [0.2, 0.25) is 11.9 Å². The van der Waals surface area contributed by atoms with Crippen molar-refractivity contribution >= 4 is 39.4 Å². The minimum atomic E-state index is 0.0708. The maximum absolute atomic E-state index is 6.06. The molecule has 82 valence electrons. The fraction of sp³-hybridized carbons (Fsp3) is 0. The SMILES string of the molecule is Nc1nc(N)nc(-c2ccc(Br)cc2Cl)n1. The van der Waals surface area contributed by atoms with E-state index in [1.165, 1.54) is 0 Å². The molecule has 7 heteroatoms. The normalized spacial score (nSPS) is 10.4. The van der Waals surface area contributed by atoms with Crippen LogP contribution in [0.4, 0.5) is 11.9 Å². The first-order valence-electron chi connectivity index (χ1n) is 4.28. The number of nitrogens with two attached hydrogens (primary N) is 2. The molecule has 0 saturated heterocycles. The van der Waals surface area contributed by atoms with Crippen LogP contribution in [0.5, 0.6) is 0 Å². The summed E-state index contributed by atoms with van der Waals surface area (Å²) in [7, 11) is 0. The second kappa shape index (κ2) is 4.23. The van der Waals surface area contributed by atoms with Gasteiger partial charge in [-0.3, -0.25) is 0 Å². The van der Waals surface area contributed by atoms with Gasteiger partial charge in [-0.2, -0.15) is 15.0 Å². The molecule has 0 aliphatic heterocycles. The van der Waals surface area contributed by atoms with Crippen molar-refractivity contribution in [1.29, 1.82) is 0 Å². The van der Waals surface area contributed by atoms with Gasteiger partial charge in [-0.25, -0.2) is 0 Å². The summed E-state index contributed by atoms with van der Waals surface area (Å²) >= 11 is 9.37. The number of aromatic nitrogens is 3. The minimum absolute atomic E-state index is 0.0708. The molecule has 0 atom stereocenters. The zero-order chi connectivity index (χ0) is 11.7. The maximum Gasteiger partial charge on any atom is 0.225 e. The van der Waals surface area contributed by atoms with E-state index >= 15 is 0 Å². The first kappa shape index (κ1) is 11.1. The third-order valence-corrected chi connectivity index (χ3v) is 2.65. The molecule has 4 N–H and O–H groups in total. The number of nitrogen functional groups attached to an aromatic ring is 2. The molecule has 0 aliphatic rings. The first-order valence-corrected chi connectivity index (χ1v) is 5.46. The van der Waals surface area contributed by atoms with E-state index in [-0.39, 0.29) is 11.9 Å². The van der Waals surface area contributed by atoms with Gasteiger partial charge in [-0.05, 0) is 18.2 Å². The van der Waals surface area contributed by atoms with Crippen LogP contribution in [-0.4, -0.2) is 15.0 Å². The van der Waals surface area contributed by atoms with Gasteiger partial charge in [0.1, 0.15) is 0 Å². The van der Waals surface area contributed by atoms with E-state index in [9.17, 15) is 0 Å². The highest BCUT2D eigenvalue weighted by Gasteiger charge is 2.09. The van der Waals surface area contributed by atoms with Crippen molar-refractivity contribution in [3.05, 3.63) is 27.7 Å². The molecule has 2 aromatic rings. The Morgan fingerprint density at radius 2 is 1.69 bits per heavy atom. The first-order chi connectivity index (χ1) is 7.56. The number of anilines is 2. The van der Waals surface area contributed by atoms with E-state index in [4.69, 9.17) is 23.1 Å². The van der Waals surface area contributed by atoms with Crippen molar-refractivity contribution in [3.8, 4) is 11.4 Å². The summed E-state index contributed by atoms with van der Waals surface area (Å²) in [5.41, 5.74) is 11.6. The van der Waals surface area contributed by atoms with E-state index in [0.29, 0.717) is 16.4 Å². The Kier molecular flexibility index (Phi) is 2.93. The third kappa shape index (κ3) is 2.23. The molecule has 1 heterocycles. The summed E-state index contributed by atoms with van der Waals surface area (Å²) in [6.07, 6.45) is 0. The van der Waals surface area contributed by atoms with Crippen LogP contribution in [0.25, 0.3) is 11.4 Å². The van der Waals surface area contributed by atoms with Crippen molar-refractivity contribution in [2.45, 2.75) is 0 Å². The number of benzene rings is 1. The molecule has 0 aliphatic carbocycles. The lowest BCUT2D eigenvalue weighted by Crippen LogP contribution is -2.04. The Balaban J connectivity index is 2.58. The molecule has 0 amide bonds. The Bertz CT molecular complexity index is 525. The lowest BCUT2D eigenvalue weighted by molar-refractivity contribution is 1.09. The Labute approximate surface area is 105 Å². The van der Waals surface area contributed by atoms with Crippen LogP contribution in [-0.2, 0) is 0 Å². The van der Waals surface area contributed by atoms with Crippen LogP contribution < -0.4 is 11.5 Å². The van der Waals surface area contributed by atoms with Gasteiger partial charge in [0, 0.05) is 10.0 Å². The molecular weight excluding hydrogens is 293 g/mol. The lowest BCUT2D eigenvalue weighted by atomic mass is 10.2. The van der Waals surface area contributed by atoms with Gasteiger partial charge in [0.15, 0.2) is 5.82 Å². The zero-order valence-electron chi connectivity index (χ0n) is 7.98. The second-order valence-electron chi connectivity index (χ2n) is 3.00. The van der Waals surface area contributed by atoms with Crippen LogP contribution in [0.3, 0.4) is 0 Å². The molecule has 0 spiro atoms. The molecule has 0 bridgehead atoms. The van der Waals surface area contributed by atoms with Crippen LogP contribution in [0.15, 0.2) is 22.7 Å². The number of nitrogens with zero attached hydrogens (tertiary/aromatic N) is 3. The van der Waals surface area contributed by atoms with Crippen LogP contribution in [0.2, 0.25) is 5.02 Å². The predicted octanol–water partition coefficient (Wildman–Crippen LogP) is 2.12. The van der Waals surface area contributed by atoms with E-state index in [0.717, 1.165) is 4.47 Å². The monoisotopic (exact) mass is 299 g/mol. The Morgan fingerprint density at radius 1 is 1.06 bits per heavy atom. The molecule has 0 radical (unpaired) electrons. The van der Waals surface area contributed by atoms with Crippen molar-refractivity contribution < 1.29 is 0 Å². The molecule has 1 aromatic heterocycles. The summed E-state index contributed by atoms with van der Waals surface area (Å²) in [5.74, 6) is 0.505. The van der Waals surface area contributed by atoms with E-state index in [2.05, 4.69) is 30.9 Å². The van der Waals surface area contributed by atoms with Crippen LogP contribution >= 0.6 is 27.5 Å². The lowest BCUT2D eigenvalue weighted by Gasteiger charge is -2.04. The highest BCUT2D eigenvalue weighted by molar-refractivity contribution is 9.10. The molecule has 1 aromatic carbocycles. The third-order valence-electron chi connectivity index (χ3n) is 1.84. The van der Waals surface area contributed by atoms with E-state index in [1.54, 1.807) is 12.1 Å². The fourth-order valence-corrected chi connectivity index (χ4v) is 1.96. The van der Waals surface area contributed by atoms with Crippen molar-refractivity contribution in [2.75, 3.05) is 11.5 Å². The quantitative estimate of drug-likeness (QED) is 0.842. The number of hydrogen-bond donors (Lipinski definition) is 2. The fourth-order valence-electron chi connectivity index (χ4n) is 1.20. The molecule has 0 unspecified atom stereocenters. The standard InChI is InChI=1S/C9H7BrClN5/c10-4-1-2-5(6(11)3-4)7-14-8(12)16-9(13)15-7/h1-3H,(H4,12,13,14,15,16). The molecule has 0 saturated carbocycles.